The van der Waals surface area contributed by atoms with E-state index in [2.05, 4.69) is 15.4 Å². The zero-order valence-corrected chi connectivity index (χ0v) is 15.3. The van der Waals surface area contributed by atoms with E-state index in [-0.39, 0.29) is 5.91 Å². The molecular formula is C20H20N4O3. The minimum absolute atomic E-state index is 0.340. The SMILES string of the molecule is COc1ccc(-c2cnn([C@H](C)C(=O)Nc3ccc(C)cc3)c(=O)n2)cc1. The standard InChI is InChI=1S/C20H20N4O3/c1-13-4-8-16(9-5-13)22-19(25)14(2)24-20(26)23-18(12-21-24)15-6-10-17(27-3)11-7-15/h4-12,14H,1-3H3,(H,22,25)/t14-/m1/s1. The molecule has 0 aliphatic carbocycles. The average molecular weight is 364 g/mol. The van der Waals surface area contributed by atoms with Crippen molar-refractivity contribution in [3.05, 3.63) is 70.8 Å². The molecule has 7 heteroatoms. The molecule has 0 spiro atoms. The molecule has 0 aliphatic rings. The highest BCUT2D eigenvalue weighted by Gasteiger charge is 2.18. The lowest BCUT2D eigenvalue weighted by molar-refractivity contribution is -0.119. The summed E-state index contributed by atoms with van der Waals surface area (Å²) in [4.78, 5) is 28.8. The Hall–Kier alpha value is -3.48. The number of amides is 1. The molecule has 0 fully saturated rings. The van der Waals surface area contributed by atoms with Gasteiger partial charge in [0.2, 0.25) is 5.91 Å². The van der Waals surface area contributed by atoms with E-state index in [4.69, 9.17) is 4.74 Å². The van der Waals surface area contributed by atoms with Crippen molar-refractivity contribution in [3.8, 4) is 17.0 Å². The van der Waals surface area contributed by atoms with Crippen LogP contribution in [-0.4, -0.2) is 27.8 Å². The molecule has 0 radical (unpaired) electrons. The number of carbonyl (C=O) groups is 1. The largest absolute Gasteiger partial charge is 0.497 e. The number of ether oxygens (including phenoxy) is 1. The molecule has 1 atom stereocenters. The molecule has 0 bridgehead atoms. The van der Waals surface area contributed by atoms with E-state index >= 15 is 0 Å². The Bertz CT molecular complexity index is 995. The van der Waals surface area contributed by atoms with E-state index in [0.29, 0.717) is 17.1 Å². The number of nitrogens with one attached hydrogen (secondary N) is 1. The number of aryl methyl sites for hydroxylation is 1. The van der Waals surface area contributed by atoms with Crippen LogP contribution < -0.4 is 15.7 Å². The quantitative estimate of drug-likeness (QED) is 0.752. The number of anilines is 1. The number of nitrogens with zero attached hydrogens (tertiary/aromatic N) is 3. The van der Waals surface area contributed by atoms with Gasteiger partial charge in [0, 0.05) is 11.3 Å². The van der Waals surface area contributed by atoms with Gasteiger partial charge < -0.3 is 10.1 Å². The number of methoxy groups -OCH3 is 1. The van der Waals surface area contributed by atoms with Crippen molar-refractivity contribution in [1.82, 2.24) is 14.8 Å². The van der Waals surface area contributed by atoms with Crippen LogP contribution in [0.5, 0.6) is 5.75 Å². The average Bonchev–Trinajstić information content (AvgIpc) is 2.69. The van der Waals surface area contributed by atoms with E-state index in [1.54, 1.807) is 50.4 Å². The molecule has 1 aromatic heterocycles. The summed E-state index contributed by atoms with van der Waals surface area (Å²) in [5.41, 5.74) is 2.34. The first-order chi connectivity index (χ1) is 13.0. The lowest BCUT2D eigenvalue weighted by Crippen LogP contribution is -2.34. The molecular weight excluding hydrogens is 344 g/mol. The van der Waals surface area contributed by atoms with Gasteiger partial charge in [0.15, 0.2) is 0 Å². The maximum Gasteiger partial charge on any atom is 0.365 e. The third-order valence-corrected chi connectivity index (χ3v) is 4.17. The van der Waals surface area contributed by atoms with Crippen molar-refractivity contribution < 1.29 is 9.53 Å². The van der Waals surface area contributed by atoms with Crippen molar-refractivity contribution >= 4 is 11.6 Å². The van der Waals surface area contributed by atoms with E-state index in [1.807, 2.05) is 19.1 Å². The van der Waals surface area contributed by atoms with Crippen LogP contribution >= 0.6 is 0 Å². The first-order valence-electron chi connectivity index (χ1n) is 8.46. The Morgan fingerprint density at radius 1 is 1.11 bits per heavy atom. The molecule has 138 valence electrons. The molecule has 1 heterocycles. The van der Waals surface area contributed by atoms with Gasteiger partial charge in [-0.15, -0.1) is 0 Å². The highest BCUT2D eigenvalue weighted by molar-refractivity contribution is 5.93. The summed E-state index contributed by atoms with van der Waals surface area (Å²) in [5.74, 6) is 0.369. The lowest BCUT2D eigenvalue weighted by atomic mass is 10.1. The highest BCUT2D eigenvalue weighted by atomic mass is 16.5. The van der Waals surface area contributed by atoms with Crippen molar-refractivity contribution in [2.45, 2.75) is 19.9 Å². The van der Waals surface area contributed by atoms with Crippen LogP contribution in [0.1, 0.15) is 18.5 Å². The fraction of sp³-hybridized carbons (Fsp3) is 0.200. The molecule has 0 aliphatic heterocycles. The normalized spacial score (nSPS) is 11.7. The minimum Gasteiger partial charge on any atom is -0.497 e. The Morgan fingerprint density at radius 3 is 2.37 bits per heavy atom. The van der Waals surface area contributed by atoms with Crippen LogP contribution in [0.4, 0.5) is 5.69 Å². The highest BCUT2D eigenvalue weighted by Crippen LogP contribution is 2.19. The van der Waals surface area contributed by atoms with Crippen LogP contribution in [0.2, 0.25) is 0 Å². The Morgan fingerprint density at radius 2 is 1.78 bits per heavy atom. The summed E-state index contributed by atoms with van der Waals surface area (Å²) in [6, 6.07) is 13.8. The Labute approximate surface area is 156 Å². The van der Waals surface area contributed by atoms with Gasteiger partial charge in [0.05, 0.1) is 19.0 Å². The molecule has 3 rings (SSSR count). The minimum atomic E-state index is -0.795. The zero-order valence-electron chi connectivity index (χ0n) is 15.3. The molecule has 1 amide bonds. The van der Waals surface area contributed by atoms with Crippen LogP contribution in [0.3, 0.4) is 0 Å². The van der Waals surface area contributed by atoms with Crippen molar-refractivity contribution in [2.75, 3.05) is 12.4 Å². The molecule has 7 nitrogen and oxygen atoms in total. The van der Waals surface area contributed by atoms with Crippen LogP contribution in [0, 0.1) is 6.92 Å². The number of carbonyl (C=O) groups excluding carboxylic acids is 1. The maximum atomic E-state index is 12.4. The van der Waals surface area contributed by atoms with Gasteiger partial charge in [-0.05, 0) is 50.2 Å². The van der Waals surface area contributed by atoms with Gasteiger partial charge in [0.1, 0.15) is 11.8 Å². The summed E-state index contributed by atoms with van der Waals surface area (Å²) < 4.78 is 6.18. The molecule has 27 heavy (non-hydrogen) atoms. The van der Waals surface area contributed by atoms with Gasteiger partial charge in [-0.1, -0.05) is 17.7 Å². The predicted octanol–water partition coefficient (Wildman–Crippen LogP) is 2.82. The first-order valence-corrected chi connectivity index (χ1v) is 8.46. The molecule has 1 N–H and O–H groups in total. The van der Waals surface area contributed by atoms with E-state index in [9.17, 15) is 9.59 Å². The summed E-state index contributed by atoms with van der Waals surface area (Å²) in [5, 5.41) is 6.90. The van der Waals surface area contributed by atoms with Crippen molar-refractivity contribution in [2.24, 2.45) is 0 Å². The lowest BCUT2D eigenvalue weighted by Gasteiger charge is -2.14. The van der Waals surface area contributed by atoms with Crippen LogP contribution in [-0.2, 0) is 4.79 Å². The number of hydrogen-bond donors (Lipinski definition) is 1. The maximum absolute atomic E-state index is 12.4. The molecule has 3 aromatic rings. The van der Waals surface area contributed by atoms with Gasteiger partial charge >= 0.3 is 5.69 Å². The number of hydrogen-bond acceptors (Lipinski definition) is 5. The van der Waals surface area contributed by atoms with Crippen molar-refractivity contribution in [3.63, 3.8) is 0 Å². The summed E-state index contributed by atoms with van der Waals surface area (Å²) in [6.07, 6.45) is 1.47. The van der Waals surface area contributed by atoms with Crippen molar-refractivity contribution in [1.29, 1.82) is 0 Å². The number of benzene rings is 2. The Balaban J connectivity index is 1.78. The molecule has 0 unspecified atom stereocenters. The number of rotatable bonds is 5. The van der Waals surface area contributed by atoms with E-state index < -0.39 is 11.7 Å². The Kier molecular flexibility index (Phi) is 5.30. The van der Waals surface area contributed by atoms with Gasteiger partial charge in [0.25, 0.3) is 0 Å². The molecule has 0 saturated heterocycles. The third-order valence-electron chi connectivity index (χ3n) is 4.17. The molecule has 2 aromatic carbocycles. The van der Waals surface area contributed by atoms with E-state index in [0.717, 1.165) is 15.8 Å². The summed E-state index contributed by atoms with van der Waals surface area (Å²) >= 11 is 0. The topological polar surface area (TPSA) is 86.1 Å². The third kappa shape index (κ3) is 4.20. The zero-order chi connectivity index (χ0) is 19.4. The molecule has 0 saturated carbocycles. The van der Waals surface area contributed by atoms with Crippen LogP contribution in [0.15, 0.2) is 59.5 Å². The predicted molar refractivity (Wildman–Crippen MR) is 103 cm³/mol. The fourth-order valence-corrected chi connectivity index (χ4v) is 2.51. The second kappa shape index (κ2) is 7.82. The second-order valence-electron chi connectivity index (χ2n) is 6.13. The summed E-state index contributed by atoms with van der Waals surface area (Å²) in [7, 11) is 1.58. The number of aromatic nitrogens is 3. The monoisotopic (exact) mass is 364 g/mol. The summed E-state index contributed by atoms with van der Waals surface area (Å²) in [6.45, 7) is 3.57. The van der Waals surface area contributed by atoms with Gasteiger partial charge in [-0.25, -0.2) is 9.48 Å². The second-order valence-corrected chi connectivity index (χ2v) is 6.13. The van der Waals surface area contributed by atoms with Gasteiger partial charge in [-0.3, -0.25) is 4.79 Å². The fourth-order valence-electron chi connectivity index (χ4n) is 2.51. The van der Waals surface area contributed by atoms with Gasteiger partial charge in [-0.2, -0.15) is 10.1 Å². The van der Waals surface area contributed by atoms with E-state index in [1.165, 1.54) is 6.20 Å². The first kappa shape index (κ1) is 18.3. The van der Waals surface area contributed by atoms with Crippen LogP contribution in [0.25, 0.3) is 11.3 Å². The smallest absolute Gasteiger partial charge is 0.365 e.